The molecule has 0 heterocycles. The van der Waals surface area contributed by atoms with Crippen LogP contribution in [0.5, 0.6) is 5.75 Å². The number of hydrogen-bond donors (Lipinski definition) is 5. The van der Waals surface area contributed by atoms with Crippen molar-refractivity contribution in [1.29, 1.82) is 0 Å². The van der Waals surface area contributed by atoms with Gasteiger partial charge in [-0.15, -0.1) is 10.2 Å². The summed E-state index contributed by atoms with van der Waals surface area (Å²) in [5.74, 6) is -3.16. The van der Waals surface area contributed by atoms with Gasteiger partial charge in [0.2, 0.25) is 0 Å². The van der Waals surface area contributed by atoms with E-state index in [0.29, 0.717) is 0 Å². The molecule has 3 aromatic rings. The number of sulfonamides is 1. The smallest absolute Gasteiger partial charge is 0.337 e. The molecule has 0 aliphatic carbocycles. The Kier molecular flexibility index (Phi) is 7.92. The van der Waals surface area contributed by atoms with E-state index in [4.69, 9.17) is 11.6 Å². The highest BCUT2D eigenvalue weighted by Crippen LogP contribution is 2.31. The lowest BCUT2D eigenvalue weighted by molar-refractivity contribution is -0.113. The van der Waals surface area contributed by atoms with Crippen LogP contribution in [0.25, 0.3) is 0 Å². The van der Waals surface area contributed by atoms with Crippen molar-refractivity contribution in [1.82, 2.24) is 0 Å². The fourth-order valence-electron chi connectivity index (χ4n) is 2.84. The molecule has 0 fully saturated rings. The summed E-state index contributed by atoms with van der Waals surface area (Å²) < 4.78 is 27.9. The summed E-state index contributed by atoms with van der Waals surface area (Å²) in [6.07, 6.45) is 0. The molecule has 0 atom stereocenters. The van der Waals surface area contributed by atoms with Crippen molar-refractivity contribution >= 4 is 50.6 Å². The molecule has 0 saturated carbocycles. The zero-order chi connectivity index (χ0) is 26.5. The Labute approximate surface area is 210 Å². The van der Waals surface area contributed by atoms with Crippen molar-refractivity contribution < 1.29 is 33.3 Å². The number of aromatic hydroxyl groups is 1. The van der Waals surface area contributed by atoms with Crippen LogP contribution >= 0.6 is 11.6 Å². The average molecular weight is 531 g/mol. The third-order valence-corrected chi connectivity index (χ3v) is 6.29. The topological polar surface area (TPSA) is 178 Å². The van der Waals surface area contributed by atoms with Gasteiger partial charge < -0.3 is 20.6 Å². The van der Waals surface area contributed by atoms with Crippen LogP contribution in [-0.2, 0) is 14.8 Å². The molecule has 0 aromatic heterocycles. The van der Waals surface area contributed by atoms with Crippen LogP contribution in [0.3, 0.4) is 0 Å². The van der Waals surface area contributed by atoms with E-state index in [2.05, 4.69) is 20.3 Å². The van der Waals surface area contributed by atoms with Gasteiger partial charge in [0.1, 0.15) is 17.2 Å². The molecule has 0 saturated heterocycles. The Morgan fingerprint density at radius 1 is 0.944 bits per heavy atom. The largest absolute Gasteiger partial charge is 0.510 e. The fraction of sp³-hybridized carbons (Fsp3) is 0.0435. The number of amides is 1. The average Bonchev–Trinajstić information content (AvgIpc) is 2.81. The van der Waals surface area contributed by atoms with Crippen LogP contribution < -0.4 is 10.0 Å². The normalized spacial score (nSPS) is 12.2. The lowest BCUT2D eigenvalue weighted by Gasteiger charge is -2.11. The number of phenols is 1. The second-order valence-electron chi connectivity index (χ2n) is 7.17. The number of aliphatic hydroxyl groups excluding tert-OH is 1. The number of carboxylic acid groups (broad SMARTS) is 1. The standard InChI is InChI=1S/C23H19ClN4O7S/c1-13(29)21(22(31)25-18-9-5-3-7-16(18)24)27-26-19-12-14(10-11-20(19)30)36(34,35)28-17-8-4-2-6-15(17)23(32)33/h2-12,28-30H,1H3,(H,25,31)(H,32,33). The van der Waals surface area contributed by atoms with Crippen LogP contribution in [-0.4, -0.2) is 35.6 Å². The summed E-state index contributed by atoms with van der Waals surface area (Å²) in [4.78, 5) is 23.6. The maximum absolute atomic E-state index is 12.8. The number of aliphatic hydroxyl groups is 1. The van der Waals surface area contributed by atoms with Crippen LogP contribution in [0.2, 0.25) is 5.02 Å². The van der Waals surface area contributed by atoms with Gasteiger partial charge in [0, 0.05) is 0 Å². The monoisotopic (exact) mass is 530 g/mol. The van der Waals surface area contributed by atoms with E-state index in [1.807, 2.05) is 0 Å². The Balaban J connectivity index is 1.90. The zero-order valence-electron chi connectivity index (χ0n) is 18.5. The lowest BCUT2D eigenvalue weighted by atomic mass is 10.2. The maximum Gasteiger partial charge on any atom is 0.337 e. The van der Waals surface area contributed by atoms with Gasteiger partial charge in [-0.2, -0.15) is 0 Å². The molecular weight excluding hydrogens is 512 g/mol. The number of nitrogens with zero attached hydrogens (tertiary/aromatic N) is 2. The number of carboxylic acids is 1. The van der Waals surface area contributed by atoms with Crippen molar-refractivity contribution in [3.05, 3.63) is 88.8 Å². The number of carbonyl (C=O) groups excluding carboxylic acids is 1. The predicted molar refractivity (Wildman–Crippen MR) is 132 cm³/mol. The summed E-state index contributed by atoms with van der Waals surface area (Å²) in [6.45, 7) is 1.19. The summed E-state index contributed by atoms with van der Waals surface area (Å²) in [6, 6.07) is 14.8. The number of carbonyl (C=O) groups is 2. The number of halogens is 1. The van der Waals surface area contributed by atoms with Crippen LogP contribution in [0.15, 0.2) is 93.3 Å². The van der Waals surface area contributed by atoms with E-state index in [-0.39, 0.29) is 32.5 Å². The number of benzene rings is 3. The molecule has 3 aromatic carbocycles. The summed E-state index contributed by atoms with van der Waals surface area (Å²) in [5, 5.41) is 39.4. The molecule has 13 heteroatoms. The summed E-state index contributed by atoms with van der Waals surface area (Å²) in [7, 11) is -4.31. The van der Waals surface area contributed by atoms with Crippen LogP contribution in [0.4, 0.5) is 17.1 Å². The van der Waals surface area contributed by atoms with Gasteiger partial charge in [0.25, 0.3) is 15.9 Å². The minimum absolute atomic E-state index is 0.168. The predicted octanol–water partition coefficient (Wildman–Crippen LogP) is 5.06. The van der Waals surface area contributed by atoms with E-state index in [0.717, 1.165) is 18.2 Å². The molecule has 0 radical (unpaired) electrons. The van der Waals surface area contributed by atoms with Crippen molar-refractivity contribution in [2.24, 2.45) is 10.2 Å². The van der Waals surface area contributed by atoms with E-state index >= 15 is 0 Å². The zero-order valence-corrected chi connectivity index (χ0v) is 20.1. The summed E-state index contributed by atoms with van der Waals surface area (Å²) >= 11 is 6.02. The van der Waals surface area contributed by atoms with Gasteiger partial charge in [-0.1, -0.05) is 35.9 Å². The Bertz CT molecular complexity index is 1500. The van der Waals surface area contributed by atoms with E-state index in [1.54, 1.807) is 18.2 Å². The van der Waals surface area contributed by atoms with Gasteiger partial charge in [0.15, 0.2) is 5.70 Å². The number of rotatable bonds is 8. The minimum atomic E-state index is -4.31. The molecule has 0 bridgehead atoms. The minimum Gasteiger partial charge on any atom is -0.510 e. The highest BCUT2D eigenvalue weighted by Gasteiger charge is 2.20. The van der Waals surface area contributed by atoms with Gasteiger partial charge in [-0.25, -0.2) is 13.2 Å². The molecule has 0 aliphatic rings. The molecule has 5 N–H and O–H groups in total. The van der Waals surface area contributed by atoms with Crippen molar-refractivity contribution in [2.75, 3.05) is 10.0 Å². The molecule has 0 unspecified atom stereocenters. The van der Waals surface area contributed by atoms with E-state index < -0.39 is 39.1 Å². The fourth-order valence-corrected chi connectivity index (χ4v) is 4.13. The SMILES string of the molecule is CC(O)=C(N=Nc1cc(S(=O)(=O)Nc2ccccc2C(=O)O)ccc1O)C(=O)Nc1ccccc1Cl. The van der Waals surface area contributed by atoms with Crippen LogP contribution in [0, 0.1) is 0 Å². The van der Waals surface area contributed by atoms with Gasteiger partial charge in [-0.05, 0) is 49.4 Å². The number of allylic oxidation sites excluding steroid dienone is 1. The number of nitrogens with one attached hydrogen (secondary N) is 2. The molecule has 0 spiro atoms. The third-order valence-electron chi connectivity index (χ3n) is 4.60. The first-order chi connectivity index (χ1) is 17.0. The summed E-state index contributed by atoms with van der Waals surface area (Å²) in [5.41, 5.74) is -1.04. The second kappa shape index (κ2) is 10.9. The molecular formula is C23H19ClN4O7S. The maximum atomic E-state index is 12.8. The van der Waals surface area contributed by atoms with Gasteiger partial charge in [-0.3, -0.25) is 9.52 Å². The van der Waals surface area contributed by atoms with E-state index in [9.17, 15) is 33.3 Å². The quantitative estimate of drug-likeness (QED) is 0.153. The first-order valence-corrected chi connectivity index (χ1v) is 11.9. The number of phenolic OH excluding ortho intramolecular Hbond substituents is 1. The Morgan fingerprint density at radius 3 is 2.22 bits per heavy atom. The van der Waals surface area contributed by atoms with Gasteiger partial charge >= 0.3 is 5.97 Å². The molecule has 11 nitrogen and oxygen atoms in total. The molecule has 1 amide bonds. The molecule has 3 rings (SSSR count). The Morgan fingerprint density at radius 2 is 1.58 bits per heavy atom. The van der Waals surface area contributed by atoms with Crippen LogP contribution in [0.1, 0.15) is 17.3 Å². The molecule has 186 valence electrons. The van der Waals surface area contributed by atoms with Crippen molar-refractivity contribution in [3.63, 3.8) is 0 Å². The third kappa shape index (κ3) is 6.17. The highest BCUT2D eigenvalue weighted by atomic mass is 35.5. The number of azo groups is 1. The second-order valence-corrected chi connectivity index (χ2v) is 9.26. The van der Waals surface area contributed by atoms with E-state index in [1.165, 1.54) is 37.3 Å². The lowest BCUT2D eigenvalue weighted by Crippen LogP contribution is -2.15. The number of hydrogen-bond acceptors (Lipinski definition) is 8. The number of aromatic carboxylic acids is 1. The van der Waals surface area contributed by atoms with Crippen molar-refractivity contribution in [2.45, 2.75) is 11.8 Å². The van der Waals surface area contributed by atoms with Gasteiger partial charge in [0.05, 0.1) is 26.9 Å². The Hall–Kier alpha value is -4.42. The number of para-hydroxylation sites is 2. The highest BCUT2D eigenvalue weighted by molar-refractivity contribution is 7.92. The van der Waals surface area contributed by atoms with Crippen molar-refractivity contribution in [3.8, 4) is 5.75 Å². The first-order valence-electron chi connectivity index (χ1n) is 10.0. The molecule has 36 heavy (non-hydrogen) atoms. The molecule has 0 aliphatic heterocycles. The first kappa shape index (κ1) is 26.2. The number of anilines is 2.